The van der Waals surface area contributed by atoms with Gasteiger partial charge in [0.15, 0.2) is 0 Å². The molecule has 150 valence electrons. The average Bonchev–Trinajstić information content (AvgIpc) is 2.61. The molecule has 0 heterocycles. The van der Waals surface area contributed by atoms with Gasteiger partial charge in [-0.1, -0.05) is 6.07 Å². The van der Waals surface area contributed by atoms with Crippen LogP contribution < -0.4 is 15.4 Å². The van der Waals surface area contributed by atoms with Crippen LogP contribution in [-0.4, -0.2) is 32.8 Å². The molecule has 2 aromatic rings. The molecule has 8 heteroatoms. The summed E-state index contributed by atoms with van der Waals surface area (Å²) in [7, 11) is -3.58. The summed E-state index contributed by atoms with van der Waals surface area (Å²) >= 11 is 0. The zero-order valence-corrected chi connectivity index (χ0v) is 17.2. The molecule has 7 nitrogen and oxygen atoms in total. The molecule has 0 spiro atoms. The van der Waals surface area contributed by atoms with Gasteiger partial charge in [-0.25, -0.2) is 13.1 Å². The predicted octanol–water partition coefficient (Wildman–Crippen LogP) is 2.36. The molecule has 2 rings (SSSR count). The van der Waals surface area contributed by atoms with Gasteiger partial charge in [0.05, 0.1) is 11.4 Å². The molecule has 0 aliphatic rings. The molecule has 2 amide bonds. The Morgan fingerprint density at radius 3 is 2.18 bits per heavy atom. The predicted molar refractivity (Wildman–Crippen MR) is 109 cm³/mol. The van der Waals surface area contributed by atoms with Gasteiger partial charge < -0.3 is 10.6 Å². The SMILES string of the molecule is Cc1ccc(C(=O)NCC(=O)Nc2ccc(S(=O)(=O)NC(C)C)cc2)cc1C. The van der Waals surface area contributed by atoms with E-state index in [0.717, 1.165) is 11.1 Å². The zero-order valence-electron chi connectivity index (χ0n) is 16.4. The number of carbonyl (C=O) groups excluding carboxylic acids is 2. The van der Waals surface area contributed by atoms with Crippen molar-refractivity contribution in [2.24, 2.45) is 0 Å². The van der Waals surface area contributed by atoms with E-state index in [1.807, 2.05) is 19.9 Å². The molecular formula is C20H25N3O4S. The number of anilines is 1. The fraction of sp³-hybridized carbons (Fsp3) is 0.300. The first kappa shape index (κ1) is 21.6. The Morgan fingerprint density at radius 2 is 1.61 bits per heavy atom. The molecule has 0 aliphatic carbocycles. The van der Waals surface area contributed by atoms with Gasteiger partial charge in [-0.15, -0.1) is 0 Å². The second-order valence-electron chi connectivity index (χ2n) is 6.83. The van der Waals surface area contributed by atoms with Crippen molar-refractivity contribution in [1.82, 2.24) is 10.0 Å². The van der Waals surface area contributed by atoms with Crippen LogP contribution in [0.2, 0.25) is 0 Å². The Bertz CT molecular complexity index is 967. The van der Waals surface area contributed by atoms with Crippen molar-refractivity contribution >= 4 is 27.5 Å². The Morgan fingerprint density at radius 1 is 0.964 bits per heavy atom. The molecule has 0 aromatic heterocycles. The third-order valence-electron chi connectivity index (χ3n) is 4.02. The number of aryl methyl sites for hydroxylation is 2. The minimum absolute atomic E-state index is 0.113. The summed E-state index contributed by atoms with van der Waals surface area (Å²) in [5, 5.41) is 5.19. The first-order valence-corrected chi connectivity index (χ1v) is 10.3. The van der Waals surface area contributed by atoms with Crippen molar-refractivity contribution in [1.29, 1.82) is 0 Å². The van der Waals surface area contributed by atoms with E-state index >= 15 is 0 Å². The monoisotopic (exact) mass is 403 g/mol. The van der Waals surface area contributed by atoms with Crippen LogP contribution in [0.4, 0.5) is 5.69 Å². The molecule has 0 fully saturated rings. The molecule has 0 unspecified atom stereocenters. The van der Waals surface area contributed by atoms with E-state index in [1.165, 1.54) is 24.3 Å². The van der Waals surface area contributed by atoms with E-state index in [0.29, 0.717) is 11.3 Å². The van der Waals surface area contributed by atoms with E-state index in [4.69, 9.17) is 0 Å². The quantitative estimate of drug-likeness (QED) is 0.660. The van der Waals surface area contributed by atoms with E-state index in [-0.39, 0.29) is 23.4 Å². The van der Waals surface area contributed by atoms with Gasteiger partial charge in [-0.05, 0) is 75.2 Å². The number of hydrogen-bond acceptors (Lipinski definition) is 4. The van der Waals surface area contributed by atoms with Crippen molar-refractivity contribution < 1.29 is 18.0 Å². The Balaban J connectivity index is 1.92. The standard InChI is InChI=1S/C20H25N3O4S/c1-13(2)23-28(26,27)18-9-7-17(8-10-18)22-19(24)12-21-20(25)16-6-5-14(3)15(4)11-16/h5-11,13,23H,12H2,1-4H3,(H,21,25)(H,22,24). The van der Waals surface area contributed by atoms with Crippen LogP contribution in [0, 0.1) is 13.8 Å². The summed E-state index contributed by atoms with van der Waals surface area (Å²) in [6.45, 7) is 7.15. The summed E-state index contributed by atoms with van der Waals surface area (Å²) in [6, 6.07) is 10.9. The molecule has 3 N–H and O–H groups in total. The van der Waals surface area contributed by atoms with E-state index in [1.54, 1.807) is 26.0 Å². The maximum atomic E-state index is 12.1. The highest BCUT2D eigenvalue weighted by molar-refractivity contribution is 7.89. The summed E-state index contributed by atoms with van der Waals surface area (Å²) in [5.41, 5.74) is 3.01. The van der Waals surface area contributed by atoms with Gasteiger partial charge >= 0.3 is 0 Å². The number of sulfonamides is 1. The van der Waals surface area contributed by atoms with Crippen LogP contribution in [0.1, 0.15) is 35.3 Å². The summed E-state index contributed by atoms with van der Waals surface area (Å²) in [5.74, 6) is -0.743. The minimum Gasteiger partial charge on any atom is -0.343 e. The topological polar surface area (TPSA) is 104 Å². The van der Waals surface area contributed by atoms with Crippen LogP contribution in [0.3, 0.4) is 0 Å². The van der Waals surface area contributed by atoms with E-state index in [2.05, 4.69) is 15.4 Å². The smallest absolute Gasteiger partial charge is 0.251 e. The van der Waals surface area contributed by atoms with Crippen molar-refractivity contribution in [2.45, 2.75) is 38.6 Å². The zero-order chi connectivity index (χ0) is 20.9. The fourth-order valence-electron chi connectivity index (χ4n) is 2.45. The first-order valence-electron chi connectivity index (χ1n) is 8.86. The van der Waals surface area contributed by atoms with Gasteiger partial charge in [0.2, 0.25) is 15.9 Å². The molecular weight excluding hydrogens is 378 g/mol. The van der Waals surface area contributed by atoms with Crippen LogP contribution >= 0.6 is 0 Å². The highest BCUT2D eigenvalue weighted by Gasteiger charge is 2.15. The number of benzene rings is 2. The number of carbonyl (C=O) groups is 2. The molecule has 2 aromatic carbocycles. The Labute approximate surface area is 165 Å². The first-order chi connectivity index (χ1) is 13.1. The maximum absolute atomic E-state index is 12.1. The van der Waals surface area contributed by atoms with Gasteiger partial charge in [-0.3, -0.25) is 9.59 Å². The summed E-state index contributed by atoms with van der Waals surface area (Å²) in [6.07, 6.45) is 0. The molecule has 0 saturated carbocycles. The maximum Gasteiger partial charge on any atom is 0.251 e. The number of hydrogen-bond donors (Lipinski definition) is 3. The molecule has 28 heavy (non-hydrogen) atoms. The van der Waals surface area contributed by atoms with E-state index < -0.39 is 15.9 Å². The largest absolute Gasteiger partial charge is 0.343 e. The number of amides is 2. The lowest BCUT2D eigenvalue weighted by atomic mass is 10.1. The van der Waals surface area contributed by atoms with Crippen LogP contribution in [-0.2, 0) is 14.8 Å². The fourth-order valence-corrected chi connectivity index (χ4v) is 3.70. The molecule has 0 radical (unpaired) electrons. The Hall–Kier alpha value is -2.71. The minimum atomic E-state index is -3.58. The van der Waals surface area contributed by atoms with Crippen LogP contribution in [0.25, 0.3) is 0 Å². The number of nitrogens with one attached hydrogen (secondary N) is 3. The highest BCUT2D eigenvalue weighted by Crippen LogP contribution is 2.14. The highest BCUT2D eigenvalue weighted by atomic mass is 32.2. The van der Waals surface area contributed by atoms with Gasteiger partial charge in [0.25, 0.3) is 5.91 Å². The molecule has 0 aliphatic heterocycles. The summed E-state index contributed by atoms with van der Waals surface area (Å²) in [4.78, 5) is 24.3. The third kappa shape index (κ3) is 5.90. The normalized spacial score (nSPS) is 11.3. The average molecular weight is 404 g/mol. The van der Waals surface area contributed by atoms with Crippen molar-refractivity contribution in [2.75, 3.05) is 11.9 Å². The lowest BCUT2D eigenvalue weighted by Crippen LogP contribution is -2.33. The Kier molecular flexibility index (Phi) is 6.93. The van der Waals surface area contributed by atoms with Gasteiger partial charge in [0, 0.05) is 17.3 Å². The van der Waals surface area contributed by atoms with Gasteiger partial charge in [-0.2, -0.15) is 0 Å². The van der Waals surface area contributed by atoms with Crippen LogP contribution in [0.5, 0.6) is 0 Å². The second-order valence-corrected chi connectivity index (χ2v) is 8.54. The molecule has 0 bridgehead atoms. The third-order valence-corrected chi connectivity index (χ3v) is 5.69. The molecule has 0 saturated heterocycles. The van der Waals surface area contributed by atoms with Crippen molar-refractivity contribution in [3.05, 3.63) is 59.2 Å². The lowest BCUT2D eigenvalue weighted by molar-refractivity contribution is -0.115. The second kappa shape index (κ2) is 8.99. The van der Waals surface area contributed by atoms with Crippen molar-refractivity contribution in [3.8, 4) is 0 Å². The number of rotatable bonds is 7. The molecule has 0 atom stereocenters. The van der Waals surface area contributed by atoms with Gasteiger partial charge in [0.1, 0.15) is 0 Å². The van der Waals surface area contributed by atoms with Crippen LogP contribution in [0.15, 0.2) is 47.4 Å². The van der Waals surface area contributed by atoms with Crippen molar-refractivity contribution in [3.63, 3.8) is 0 Å². The lowest BCUT2D eigenvalue weighted by Gasteiger charge is -2.11. The van der Waals surface area contributed by atoms with E-state index in [9.17, 15) is 18.0 Å². The summed E-state index contributed by atoms with van der Waals surface area (Å²) < 4.78 is 26.7.